The van der Waals surface area contributed by atoms with Crippen molar-refractivity contribution in [2.75, 3.05) is 11.5 Å². The summed E-state index contributed by atoms with van der Waals surface area (Å²) < 4.78 is 0. The van der Waals surface area contributed by atoms with Crippen molar-refractivity contribution < 1.29 is 4.79 Å². The highest BCUT2D eigenvalue weighted by molar-refractivity contribution is 7.99. The fraction of sp³-hybridized carbons (Fsp3) is 0.300. The van der Waals surface area contributed by atoms with Gasteiger partial charge in [-0.3, -0.25) is 15.2 Å². The van der Waals surface area contributed by atoms with E-state index in [9.17, 15) is 4.79 Å². The van der Waals surface area contributed by atoms with Crippen LogP contribution in [0, 0.1) is 6.92 Å². The molecule has 0 aliphatic carbocycles. The number of H-pyrrole nitrogens is 1. The highest BCUT2D eigenvalue weighted by Gasteiger charge is 2.27. The predicted molar refractivity (Wildman–Crippen MR) is 106 cm³/mol. The maximum absolute atomic E-state index is 12.6. The molecule has 134 valence electrons. The molecule has 2 heterocycles. The number of hydrogen-bond donors (Lipinski definition) is 3. The van der Waals surface area contributed by atoms with E-state index in [1.54, 1.807) is 6.20 Å². The van der Waals surface area contributed by atoms with Crippen LogP contribution in [0.3, 0.4) is 0 Å². The largest absolute Gasteiger partial charge is 0.351 e. The average molecular weight is 366 g/mol. The number of aromatic amines is 1. The Morgan fingerprint density at radius 2 is 2.08 bits per heavy atom. The molecule has 6 heteroatoms. The van der Waals surface area contributed by atoms with Crippen LogP contribution in [0.1, 0.15) is 22.7 Å². The molecular formula is C20H22N4OS. The first-order chi connectivity index (χ1) is 12.7. The minimum absolute atomic E-state index is 0.0570. The number of benzene rings is 2. The number of nitrogens with zero attached hydrogens (tertiary/aromatic N) is 1. The van der Waals surface area contributed by atoms with E-state index in [0.717, 1.165) is 28.0 Å². The topological polar surface area (TPSA) is 69.8 Å². The van der Waals surface area contributed by atoms with Crippen LogP contribution in [0.4, 0.5) is 0 Å². The summed E-state index contributed by atoms with van der Waals surface area (Å²) in [6.45, 7) is 2.61. The van der Waals surface area contributed by atoms with E-state index >= 15 is 0 Å². The van der Waals surface area contributed by atoms with Crippen molar-refractivity contribution in [3.63, 3.8) is 0 Å². The Morgan fingerprint density at radius 1 is 1.23 bits per heavy atom. The average Bonchev–Trinajstić information content (AvgIpc) is 3.14. The maximum atomic E-state index is 12.6. The molecule has 26 heavy (non-hydrogen) atoms. The van der Waals surface area contributed by atoms with Crippen molar-refractivity contribution in [1.82, 2.24) is 20.8 Å². The molecule has 0 spiro atoms. The van der Waals surface area contributed by atoms with E-state index in [0.29, 0.717) is 6.54 Å². The van der Waals surface area contributed by atoms with Crippen molar-refractivity contribution in [3.05, 3.63) is 65.4 Å². The zero-order valence-electron chi connectivity index (χ0n) is 14.7. The summed E-state index contributed by atoms with van der Waals surface area (Å²) in [5.74, 6) is 1.85. The monoisotopic (exact) mass is 366 g/mol. The lowest BCUT2D eigenvalue weighted by molar-refractivity contribution is -0.123. The summed E-state index contributed by atoms with van der Waals surface area (Å²) in [6.07, 6.45) is 1.80. The molecule has 2 aromatic carbocycles. The molecule has 1 fully saturated rings. The fourth-order valence-corrected chi connectivity index (χ4v) is 4.34. The van der Waals surface area contributed by atoms with Gasteiger partial charge in [0, 0.05) is 29.5 Å². The minimum Gasteiger partial charge on any atom is -0.351 e. The molecule has 0 saturated carbocycles. The van der Waals surface area contributed by atoms with Gasteiger partial charge in [0.15, 0.2) is 0 Å². The van der Waals surface area contributed by atoms with Crippen LogP contribution in [0.15, 0.2) is 48.7 Å². The predicted octanol–water partition coefficient (Wildman–Crippen LogP) is 2.93. The third kappa shape index (κ3) is 3.76. The number of aromatic nitrogens is 2. The molecule has 1 saturated heterocycles. The Bertz CT molecular complexity index is 906. The Balaban J connectivity index is 1.37. The number of hydrogen-bond acceptors (Lipinski definition) is 4. The normalized spacial score (nSPS) is 20.2. The molecule has 1 aromatic heterocycles. The maximum Gasteiger partial charge on any atom is 0.238 e. The van der Waals surface area contributed by atoms with Gasteiger partial charge >= 0.3 is 0 Å². The number of aryl methyl sites for hydroxylation is 1. The van der Waals surface area contributed by atoms with Gasteiger partial charge < -0.3 is 5.32 Å². The van der Waals surface area contributed by atoms with E-state index in [-0.39, 0.29) is 18.0 Å². The second kappa shape index (κ2) is 7.51. The number of thioether (sulfide) groups is 1. The molecule has 1 aliphatic rings. The van der Waals surface area contributed by atoms with E-state index in [2.05, 4.69) is 58.1 Å². The lowest BCUT2D eigenvalue weighted by Crippen LogP contribution is -2.50. The minimum atomic E-state index is -0.169. The second-order valence-corrected chi connectivity index (χ2v) is 7.80. The molecule has 1 unspecified atom stereocenters. The Morgan fingerprint density at radius 3 is 2.92 bits per heavy atom. The van der Waals surface area contributed by atoms with Gasteiger partial charge in [-0.05, 0) is 30.2 Å². The SMILES string of the molecule is Cc1ccc(C2CSC[C@@H](C(=O)NCc3ccc4[nH]ncc4c3)N2)cc1. The second-order valence-electron chi connectivity index (χ2n) is 6.73. The molecular weight excluding hydrogens is 344 g/mol. The molecule has 2 atom stereocenters. The summed E-state index contributed by atoms with van der Waals surface area (Å²) in [4.78, 5) is 12.6. The number of rotatable bonds is 4. The zero-order chi connectivity index (χ0) is 17.9. The van der Waals surface area contributed by atoms with Crippen molar-refractivity contribution in [2.45, 2.75) is 25.6 Å². The summed E-state index contributed by atoms with van der Waals surface area (Å²) in [5.41, 5.74) is 4.57. The summed E-state index contributed by atoms with van der Waals surface area (Å²) >= 11 is 1.83. The first-order valence-corrected chi connectivity index (χ1v) is 9.94. The molecule has 3 aromatic rings. The highest BCUT2D eigenvalue weighted by Crippen LogP contribution is 2.25. The van der Waals surface area contributed by atoms with Gasteiger partial charge in [0.25, 0.3) is 0 Å². The van der Waals surface area contributed by atoms with Crippen molar-refractivity contribution >= 4 is 28.6 Å². The summed E-state index contributed by atoms with van der Waals surface area (Å²) in [7, 11) is 0. The third-order valence-corrected chi connectivity index (χ3v) is 5.88. The van der Waals surface area contributed by atoms with Crippen LogP contribution in [0.2, 0.25) is 0 Å². The van der Waals surface area contributed by atoms with Crippen LogP contribution in [0.5, 0.6) is 0 Å². The first-order valence-electron chi connectivity index (χ1n) is 8.79. The van der Waals surface area contributed by atoms with Gasteiger partial charge in [0.2, 0.25) is 5.91 Å². The van der Waals surface area contributed by atoms with E-state index in [1.807, 2.05) is 23.9 Å². The molecule has 5 nitrogen and oxygen atoms in total. The molecule has 3 N–H and O–H groups in total. The van der Waals surface area contributed by atoms with Gasteiger partial charge in [-0.1, -0.05) is 35.9 Å². The number of carbonyl (C=O) groups is 1. The Labute approximate surface area is 157 Å². The summed E-state index contributed by atoms with van der Waals surface area (Å²) in [5, 5.41) is 14.6. The van der Waals surface area contributed by atoms with Crippen LogP contribution in [-0.2, 0) is 11.3 Å². The van der Waals surface area contributed by atoms with E-state index in [4.69, 9.17) is 0 Å². The fourth-order valence-electron chi connectivity index (χ4n) is 3.20. The molecule has 1 aliphatic heterocycles. The van der Waals surface area contributed by atoms with Crippen LogP contribution in [-0.4, -0.2) is 33.7 Å². The quantitative estimate of drug-likeness (QED) is 0.664. The zero-order valence-corrected chi connectivity index (χ0v) is 15.5. The van der Waals surface area contributed by atoms with Gasteiger partial charge in [0.05, 0.1) is 17.8 Å². The standard InChI is InChI=1S/C20H22N4OS/c1-13-2-5-15(6-3-13)18-11-26-12-19(23-18)20(25)21-9-14-4-7-17-16(8-14)10-22-24-17/h2-8,10,18-19,23H,9,11-12H2,1H3,(H,21,25)(H,22,24)/t18?,19-/m0/s1. The van der Waals surface area contributed by atoms with Gasteiger partial charge in [-0.25, -0.2) is 0 Å². The lowest BCUT2D eigenvalue weighted by Gasteiger charge is -2.30. The van der Waals surface area contributed by atoms with Crippen LogP contribution in [0.25, 0.3) is 10.9 Å². The van der Waals surface area contributed by atoms with Crippen molar-refractivity contribution in [3.8, 4) is 0 Å². The molecule has 0 radical (unpaired) electrons. The van der Waals surface area contributed by atoms with Gasteiger partial charge in [-0.15, -0.1) is 0 Å². The molecule has 4 rings (SSSR count). The Kier molecular flexibility index (Phi) is 4.95. The number of amides is 1. The molecule has 1 amide bonds. The van der Waals surface area contributed by atoms with E-state index in [1.165, 1.54) is 11.1 Å². The smallest absolute Gasteiger partial charge is 0.238 e. The van der Waals surface area contributed by atoms with E-state index < -0.39 is 0 Å². The van der Waals surface area contributed by atoms with Crippen LogP contribution < -0.4 is 10.6 Å². The van der Waals surface area contributed by atoms with Crippen molar-refractivity contribution in [1.29, 1.82) is 0 Å². The summed E-state index contributed by atoms with van der Waals surface area (Å²) in [6, 6.07) is 14.6. The Hall–Kier alpha value is -2.31. The van der Waals surface area contributed by atoms with Crippen molar-refractivity contribution in [2.24, 2.45) is 0 Å². The number of fused-ring (bicyclic) bond motifs is 1. The lowest BCUT2D eigenvalue weighted by atomic mass is 10.1. The first kappa shape index (κ1) is 17.1. The number of carbonyl (C=O) groups excluding carboxylic acids is 1. The number of nitrogens with one attached hydrogen (secondary N) is 3. The third-order valence-electron chi connectivity index (χ3n) is 4.74. The van der Waals surface area contributed by atoms with Gasteiger partial charge in [0.1, 0.15) is 0 Å². The van der Waals surface area contributed by atoms with Gasteiger partial charge in [-0.2, -0.15) is 16.9 Å². The van der Waals surface area contributed by atoms with Crippen LogP contribution >= 0.6 is 11.8 Å². The highest BCUT2D eigenvalue weighted by atomic mass is 32.2. The molecule has 0 bridgehead atoms.